The molecule has 2 saturated carbocycles. The SMILES string of the molecule is O=C(O)[C@H]1[C@H]2CCC(=O)[C@@]21Cc1ccc([N+](=O)[O-])cc1. The number of benzene rings is 1. The van der Waals surface area contributed by atoms with Gasteiger partial charge in [0.1, 0.15) is 5.78 Å². The predicted molar refractivity (Wildman–Crippen MR) is 68.1 cm³/mol. The first-order valence-corrected chi connectivity index (χ1v) is 6.46. The highest BCUT2D eigenvalue weighted by molar-refractivity contribution is 5.98. The van der Waals surface area contributed by atoms with Crippen molar-refractivity contribution in [1.29, 1.82) is 0 Å². The maximum absolute atomic E-state index is 12.1. The first-order valence-electron chi connectivity index (χ1n) is 6.46. The summed E-state index contributed by atoms with van der Waals surface area (Å²) in [5.41, 5.74) is 0.00726. The molecule has 2 aliphatic rings. The van der Waals surface area contributed by atoms with Gasteiger partial charge in [0.2, 0.25) is 0 Å². The van der Waals surface area contributed by atoms with E-state index in [0.29, 0.717) is 19.3 Å². The van der Waals surface area contributed by atoms with Crippen molar-refractivity contribution in [3.8, 4) is 0 Å². The van der Waals surface area contributed by atoms with E-state index >= 15 is 0 Å². The molecule has 1 N–H and O–H groups in total. The van der Waals surface area contributed by atoms with Crippen LogP contribution in [0.5, 0.6) is 0 Å². The van der Waals surface area contributed by atoms with Gasteiger partial charge in [0.05, 0.1) is 16.3 Å². The van der Waals surface area contributed by atoms with Crippen molar-refractivity contribution >= 4 is 17.4 Å². The molecule has 0 radical (unpaired) electrons. The Balaban J connectivity index is 1.85. The molecule has 1 aromatic rings. The number of rotatable bonds is 4. The van der Waals surface area contributed by atoms with Crippen LogP contribution in [0.25, 0.3) is 0 Å². The van der Waals surface area contributed by atoms with Crippen LogP contribution in [-0.2, 0) is 16.0 Å². The van der Waals surface area contributed by atoms with E-state index in [9.17, 15) is 24.8 Å². The third-order valence-corrected chi connectivity index (χ3v) is 4.62. The van der Waals surface area contributed by atoms with Gasteiger partial charge in [-0.25, -0.2) is 0 Å². The fraction of sp³-hybridized carbons (Fsp3) is 0.429. The Kier molecular flexibility index (Phi) is 2.64. The second-order valence-electron chi connectivity index (χ2n) is 5.52. The quantitative estimate of drug-likeness (QED) is 0.667. The molecule has 1 aromatic carbocycles. The summed E-state index contributed by atoms with van der Waals surface area (Å²) >= 11 is 0. The zero-order valence-electron chi connectivity index (χ0n) is 10.6. The number of hydrogen-bond acceptors (Lipinski definition) is 4. The van der Waals surface area contributed by atoms with Gasteiger partial charge in [0.25, 0.3) is 5.69 Å². The second kappa shape index (κ2) is 4.13. The Bertz CT molecular complexity index is 608. The molecule has 2 fully saturated rings. The van der Waals surface area contributed by atoms with Gasteiger partial charge in [0.15, 0.2) is 0 Å². The van der Waals surface area contributed by atoms with Crippen LogP contribution in [0.1, 0.15) is 18.4 Å². The van der Waals surface area contributed by atoms with Gasteiger partial charge in [-0.15, -0.1) is 0 Å². The molecule has 0 aliphatic heterocycles. The molecule has 0 amide bonds. The van der Waals surface area contributed by atoms with E-state index in [1.807, 2.05) is 0 Å². The molecule has 0 unspecified atom stereocenters. The first-order chi connectivity index (χ1) is 9.46. The van der Waals surface area contributed by atoms with Gasteiger partial charge in [-0.1, -0.05) is 12.1 Å². The summed E-state index contributed by atoms with van der Waals surface area (Å²) in [6, 6.07) is 5.98. The summed E-state index contributed by atoms with van der Waals surface area (Å²) in [4.78, 5) is 33.4. The van der Waals surface area contributed by atoms with Gasteiger partial charge < -0.3 is 5.11 Å². The van der Waals surface area contributed by atoms with Crippen LogP contribution in [0, 0.1) is 27.4 Å². The minimum absolute atomic E-state index is 0.00821. The molecule has 3 atom stereocenters. The monoisotopic (exact) mass is 275 g/mol. The third kappa shape index (κ3) is 1.64. The lowest BCUT2D eigenvalue weighted by atomic mass is 9.90. The summed E-state index contributed by atoms with van der Waals surface area (Å²) in [7, 11) is 0. The molecule has 104 valence electrons. The number of nitro groups is 1. The molecule has 6 heteroatoms. The van der Waals surface area contributed by atoms with Crippen molar-refractivity contribution in [3.63, 3.8) is 0 Å². The Morgan fingerprint density at radius 2 is 2.05 bits per heavy atom. The molecule has 0 spiro atoms. The molecule has 0 saturated heterocycles. The lowest BCUT2D eigenvalue weighted by molar-refractivity contribution is -0.384. The average molecular weight is 275 g/mol. The maximum Gasteiger partial charge on any atom is 0.307 e. The van der Waals surface area contributed by atoms with E-state index in [4.69, 9.17) is 0 Å². The summed E-state index contributed by atoms with van der Waals surface area (Å²) in [5.74, 6) is -1.54. The number of hydrogen-bond donors (Lipinski definition) is 1. The molecule has 20 heavy (non-hydrogen) atoms. The lowest BCUT2D eigenvalue weighted by Gasteiger charge is -2.12. The van der Waals surface area contributed by atoms with E-state index < -0.39 is 22.2 Å². The number of carbonyl (C=O) groups is 2. The molecule has 3 rings (SSSR count). The maximum atomic E-state index is 12.1. The van der Waals surface area contributed by atoms with E-state index in [0.717, 1.165) is 5.56 Å². The molecule has 0 heterocycles. The number of nitro benzene ring substituents is 1. The zero-order valence-corrected chi connectivity index (χ0v) is 10.6. The van der Waals surface area contributed by atoms with Gasteiger partial charge in [-0.3, -0.25) is 19.7 Å². The van der Waals surface area contributed by atoms with E-state index in [1.54, 1.807) is 12.1 Å². The Labute approximate surface area is 114 Å². The van der Waals surface area contributed by atoms with Crippen LogP contribution in [0.4, 0.5) is 5.69 Å². The molecule has 0 bridgehead atoms. The average Bonchev–Trinajstić information content (AvgIpc) is 2.95. The van der Waals surface area contributed by atoms with Gasteiger partial charge in [0, 0.05) is 18.6 Å². The number of nitrogens with zero attached hydrogens (tertiary/aromatic N) is 1. The van der Waals surface area contributed by atoms with Crippen LogP contribution in [0.3, 0.4) is 0 Å². The van der Waals surface area contributed by atoms with Crippen LogP contribution >= 0.6 is 0 Å². The highest BCUT2D eigenvalue weighted by Crippen LogP contribution is 2.67. The normalized spacial score (nSPS) is 30.9. The number of carboxylic acids is 1. The number of ketones is 1. The summed E-state index contributed by atoms with van der Waals surface area (Å²) in [6.45, 7) is 0. The predicted octanol–water partition coefficient (Wildman–Crippen LogP) is 1.82. The van der Waals surface area contributed by atoms with E-state index in [1.165, 1.54) is 12.1 Å². The number of fused-ring (bicyclic) bond motifs is 1. The number of carboxylic acid groups (broad SMARTS) is 1. The van der Waals surface area contributed by atoms with Gasteiger partial charge in [-0.2, -0.15) is 0 Å². The van der Waals surface area contributed by atoms with Crippen LogP contribution < -0.4 is 0 Å². The number of Topliss-reactive ketones (excluding diaryl/α,β-unsaturated/α-hetero) is 1. The molecular formula is C14H13NO5. The Hall–Kier alpha value is -2.24. The Morgan fingerprint density at radius 1 is 1.40 bits per heavy atom. The van der Waals surface area contributed by atoms with Crippen molar-refractivity contribution in [1.82, 2.24) is 0 Å². The number of carbonyl (C=O) groups excluding carboxylic acids is 1. The Morgan fingerprint density at radius 3 is 2.55 bits per heavy atom. The summed E-state index contributed by atoms with van der Waals surface area (Å²) < 4.78 is 0. The highest BCUT2D eigenvalue weighted by atomic mass is 16.6. The van der Waals surface area contributed by atoms with Gasteiger partial charge >= 0.3 is 5.97 Å². The molecule has 0 aromatic heterocycles. The molecule has 6 nitrogen and oxygen atoms in total. The van der Waals surface area contributed by atoms with Crippen molar-refractivity contribution < 1.29 is 19.6 Å². The highest BCUT2D eigenvalue weighted by Gasteiger charge is 2.74. The molecular weight excluding hydrogens is 262 g/mol. The van der Waals surface area contributed by atoms with Crippen molar-refractivity contribution in [2.75, 3.05) is 0 Å². The topological polar surface area (TPSA) is 97.5 Å². The third-order valence-electron chi connectivity index (χ3n) is 4.62. The van der Waals surface area contributed by atoms with Gasteiger partial charge in [-0.05, 0) is 24.3 Å². The summed E-state index contributed by atoms with van der Waals surface area (Å²) in [5, 5.41) is 19.8. The first kappa shape index (κ1) is 12.8. The fourth-order valence-corrected chi connectivity index (χ4v) is 3.65. The van der Waals surface area contributed by atoms with Crippen molar-refractivity contribution in [2.24, 2.45) is 17.3 Å². The smallest absolute Gasteiger partial charge is 0.307 e. The fourth-order valence-electron chi connectivity index (χ4n) is 3.65. The van der Waals surface area contributed by atoms with Crippen molar-refractivity contribution in [2.45, 2.75) is 19.3 Å². The van der Waals surface area contributed by atoms with Crippen molar-refractivity contribution in [3.05, 3.63) is 39.9 Å². The minimum atomic E-state index is -0.912. The second-order valence-corrected chi connectivity index (χ2v) is 5.52. The van der Waals surface area contributed by atoms with Crippen LogP contribution in [0.15, 0.2) is 24.3 Å². The van der Waals surface area contributed by atoms with Crippen LogP contribution in [-0.4, -0.2) is 21.8 Å². The minimum Gasteiger partial charge on any atom is -0.481 e. The van der Waals surface area contributed by atoms with E-state index in [-0.39, 0.29) is 17.4 Å². The lowest BCUT2D eigenvalue weighted by Crippen LogP contribution is -2.22. The summed E-state index contributed by atoms with van der Waals surface area (Å²) in [6.07, 6.45) is 1.45. The van der Waals surface area contributed by atoms with Crippen LogP contribution in [0.2, 0.25) is 0 Å². The zero-order chi connectivity index (χ0) is 14.5. The number of aliphatic carboxylic acids is 1. The standard InChI is InChI=1S/C14H13NO5/c16-11-6-5-10-12(13(17)18)14(10,11)7-8-1-3-9(4-2-8)15(19)20/h1-4,10,12H,5-7H2,(H,17,18)/t10-,12-,14-/m1/s1. The molecule has 2 aliphatic carbocycles. The van der Waals surface area contributed by atoms with E-state index in [2.05, 4.69) is 0 Å². The number of non-ortho nitro benzene ring substituents is 1. The largest absolute Gasteiger partial charge is 0.481 e.